The first-order valence-electron chi connectivity index (χ1n) is 5.75. The maximum atomic E-state index is 11.9. The summed E-state index contributed by atoms with van der Waals surface area (Å²) in [6.07, 6.45) is 4.25. The van der Waals surface area contributed by atoms with Crippen LogP contribution in [0.3, 0.4) is 0 Å². The van der Waals surface area contributed by atoms with Gasteiger partial charge in [0, 0.05) is 19.4 Å². The molecule has 2 aromatic rings. The van der Waals surface area contributed by atoms with Crippen molar-refractivity contribution in [3.63, 3.8) is 0 Å². The van der Waals surface area contributed by atoms with E-state index in [1.54, 1.807) is 6.20 Å². The number of hydrogen-bond acceptors (Lipinski definition) is 3. The highest BCUT2D eigenvalue weighted by Gasteiger charge is 2.13. The molecular weight excluding hydrogens is 296 g/mol. The first-order chi connectivity index (χ1) is 8.49. The molecule has 0 radical (unpaired) electrons. The Kier molecular flexibility index (Phi) is 3.65. The summed E-state index contributed by atoms with van der Waals surface area (Å²) in [6.45, 7) is 4.19. The minimum absolute atomic E-state index is 0.168. The van der Waals surface area contributed by atoms with Gasteiger partial charge in [-0.05, 0) is 28.3 Å². The van der Waals surface area contributed by atoms with Gasteiger partial charge in [0.25, 0.3) is 5.56 Å². The van der Waals surface area contributed by atoms with Crippen LogP contribution in [-0.4, -0.2) is 19.5 Å². The molecule has 0 unspecified atom stereocenters. The van der Waals surface area contributed by atoms with E-state index in [0.29, 0.717) is 22.0 Å². The molecule has 0 amide bonds. The van der Waals surface area contributed by atoms with Crippen molar-refractivity contribution in [1.29, 1.82) is 0 Å². The number of nitrogens with zero attached hydrogens (tertiary/aromatic N) is 3. The topological polar surface area (TPSA) is 63.6 Å². The summed E-state index contributed by atoms with van der Waals surface area (Å²) in [6, 6.07) is 0. The van der Waals surface area contributed by atoms with Gasteiger partial charge in [0.2, 0.25) is 0 Å². The Morgan fingerprint density at radius 3 is 2.78 bits per heavy atom. The number of imidazole rings is 1. The lowest BCUT2D eigenvalue weighted by Gasteiger charge is -2.08. The quantitative estimate of drug-likeness (QED) is 0.944. The van der Waals surface area contributed by atoms with Crippen molar-refractivity contribution in [1.82, 2.24) is 19.5 Å². The monoisotopic (exact) mass is 310 g/mol. The molecule has 0 bridgehead atoms. The van der Waals surface area contributed by atoms with Crippen molar-refractivity contribution in [3.05, 3.63) is 32.9 Å². The molecule has 2 rings (SSSR count). The number of H-pyrrole nitrogens is 1. The van der Waals surface area contributed by atoms with Gasteiger partial charge in [-0.15, -0.1) is 0 Å². The Bertz CT molecular complexity index is 615. The van der Waals surface area contributed by atoms with Gasteiger partial charge in [0.05, 0.1) is 5.69 Å². The molecule has 0 spiro atoms. The van der Waals surface area contributed by atoms with Crippen molar-refractivity contribution >= 4 is 15.9 Å². The van der Waals surface area contributed by atoms with E-state index >= 15 is 0 Å². The average Bonchev–Trinajstić information content (AvgIpc) is 2.70. The first kappa shape index (κ1) is 13.0. The molecule has 0 aliphatic heterocycles. The Balaban J connectivity index is 2.54. The van der Waals surface area contributed by atoms with Gasteiger partial charge in [-0.25, -0.2) is 9.97 Å². The third-order valence-corrected chi connectivity index (χ3v) is 3.38. The van der Waals surface area contributed by atoms with Gasteiger partial charge in [0.15, 0.2) is 11.6 Å². The summed E-state index contributed by atoms with van der Waals surface area (Å²) >= 11 is 3.29. The SMILES string of the molecule is CC(C)Cc1nc(-c2nccn2C)[nH]c(=O)c1Br. The molecule has 18 heavy (non-hydrogen) atoms. The van der Waals surface area contributed by atoms with Crippen LogP contribution in [0.4, 0.5) is 0 Å². The Morgan fingerprint density at radius 1 is 1.50 bits per heavy atom. The zero-order chi connectivity index (χ0) is 13.3. The van der Waals surface area contributed by atoms with Crippen molar-refractivity contribution in [3.8, 4) is 11.6 Å². The predicted octanol–water partition coefficient (Wildman–Crippen LogP) is 2.13. The summed E-state index contributed by atoms with van der Waals surface area (Å²) in [7, 11) is 1.87. The van der Waals surface area contributed by atoms with E-state index in [4.69, 9.17) is 0 Å². The highest BCUT2D eigenvalue weighted by Crippen LogP contribution is 2.17. The summed E-state index contributed by atoms with van der Waals surface area (Å²) in [4.78, 5) is 23.3. The van der Waals surface area contributed by atoms with Gasteiger partial charge in [0.1, 0.15) is 4.47 Å². The van der Waals surface area contributed by atoms with E-state index in [1.807, 2.05) is 17.8 Å². The normalized spacial score (nSPS) is 11.2. The molecule has 0 aromatic carbocycles. The second-order valence-corrected chi connectivity index (χ2v) is 5.43. The van der Waals surface area contributed by atoms with Crippen LogP contribution in [0.15, 0.2) is 21.7 Å². The molecule has 0 saturated heterocycles. The maximum absolute atomic E-state index is 11.9. The van der Waals surface area contributed by atoms with E-state index in [-0.39, 0.29) is 5.56 Å². The Hall–Kier alpha value is -1.43. The minimum Gasteiger partial charge on any atom is -0.331 e. The summed E-state index contributed by atoms with van der Waals surface area (Å²) in [5.41, 5.74) is 0.602. The zero-order valence-corrected chi connectivity index (χ0v) is 12.2. The number of halogens is 1. The molecule has 6 heteroatoms. The lowest BCUT2D eigenvalue weighted by atomic mass is 10.1. The molecule has 2 heterocycles. The standard InChI is InChI=1S/C12H15BrN4O/c1-7(2)6-8-9(13)12(18)16-10(15-8)11-14-4-5-17(11)3/h4-5,7H,6H2,1-3H3,(H,15,16,18). The largest absolute Gasteiger partial charge is 0.331 e. The highest BCUT2D eigenvalue weighted by molar-refractivity contribution is 9.10. The number of aromatic amines is 1. The van der Waals surface area contributed by atoms with Gasteiger partial charge in [-0.3, -0.25) is 4.79 Å². The van der Waals surface area contributed by atoms with Crippen LogP contribution in [0.2, 0.25) is 0 Å². The number of nitrogens with one attached hydrogen (secondary N) is 1. The zero-order valence-electron chi connectivity index (χ0n) is 10.6. The molecule has 0 aliphatic rings. The Morgan fingerprint density at radius 2 is 2.22 bits per heavy atom. The molecule has 0 saturated carbocycles. The molecule has 0 atom stereocenters. The van der Waals surface area contributed by atoms with Crippen molar-refractivity contribution < 1.29 is 0 Å². The number of hydrogen-bond donors (Lipinski definition) is 1. The third-order valence-electron chi connectivity index (χ3n) is 2.57. The van der Waals surface area contributed by atoms with Crippen LogP contribution in [0.5, 0.6) is 0 Å². The third kappa shape index (κ3) is 2.53. The van der Waals surface area contributed by atoms with Crippen molar-refractivity contribution in [2.24, 2.45) is 13.0 Å². The number of rotatable bonds is 3. The van der Waals surface area contributed by atoms with E-state index in [0.717, 1.165) is 12.1 Å². The summed E-state index contributed by atoms with van der Waals surface area (Å²) in [5.74, 6) is 1.60. The fourth-order valence-corrected chi connectivity index (χ4v) is 2.08. The first-order valence-corrected chi connectivity index (χ1v) is 6.54. The summed E-state index contributed by atoms with van der Waals surface area (Å²) in [5, 5.41) is 0. The van der Waals surface area contributed by atoms with Gasteiger partial charge in [-0.1, -0.05) is 13.8 Å². The van der Waals surface area contributed by atoms with Crippen LogP contribution < -0.4 is 5.56 Å². The average molecular weight is 311 g/mol. The summed E-state index contributed by atoms with van der Waals surface area (Å²) < 4.78 is 2.33. The smallest absolute Gasteiger partial charge is 0.265 e. The van der Waals surface area contributed by atoms with Crippen LogP contribution in [-0.2, 0) is 13.5 Å². The number of aromatic nitrogens is 4. The lowest BCUT2D eigenvalue weighted by Crippen LogP contribution is -2.16. The minimum atomic E-state index is -0.168. The molecule has 0 aliphatic carbocycles. The van der Waals surface area contributed by atoms with Crippen LogP contribution >= 0.6 is 15.9 Å². The predicted molar refractivity (Wildman–Crippen MR) is 73.3 cm³/mol. The van der Waals surface area contributed by atoms with Crippen LogP contribution in [0.1, 0.15) is 19.5 Å². The van der Waals surface area contributed by atoms with Crippen LogP contribution in [0, 0.1) is 5.92 Å². The molecule has 96 valence electrons. The van der Waals surface area contributed by atoms with Gasteiger partial charge in [-0.2, -0.15) is 0 Å². The van der Waals surface area contributed by atoms with Gasteiger partial charge >= 0.3 is 0 Å². The van der Waals surface area contributed by atoms with Crippen molar-refractivity contribution in [2.75, 3.05) is 0 Å². The van der Waals surface area contributed by atoms with E-state index < -0.39 is 0 Å². The second kappa shape index (κ2) is 5.06. The van der Waals surface area contributed by atoms with Crippen LogP contribution in [0.25, 0.3) is 11.6 Å². The Labute approximate surface area is 113 Å². The van der Waals surface area contributed by atoms with Gasteiger partial charge < -0.3 is 9.55 Å². The number of aryl methyl sites for hydroxylation is 1. The van der Waals surface area contributed by atoms with Crippen molar-refractivity contribution in [2.45, 2.75) is 20.3 Å². The molecular formula is C12H15BrN4O. The second-order valence-electron chi connectivity index (χ2n) is 4.63. The van der Waals surface area contributed by atoms with E-state index in [9.17, 15) is 4.79 Å². The fourth-order valence-electron chi connectivity index (χ4n) is 1.73. The molecule has 2 aromatic heterocycles. The molecule has 5 nitrogen and oxygen atoms in total. The molecule has 1 N–H and O–H groups in total. The maximum Gasteiger partial charge on any atom is 0.265 e. The van der Waals surface area contributed by atoms with E-state index in [2.05, 4.69) is 44.7 Å². The van der Waals surface area contributed by atoms with E-state index in [1.165, 1.54) is 0 Å². The lowest BCUT2D eigenvalue weighted by molar-refractivity contribution is 0.631. The molecule has 0 fully saturated rings. The fraction of sp³-hybridized carbons (Fsp3) is 0.417. The highest BCUT2D eigenvalue weighted by atomic mass is 79.9.